The number of aliphatic hydroxyl groups excluding tert-OH is 4. The highest BCUT2D eigenvalue weighted by atomic mass is 16.6. The molecule has 6 N–H and O–H groups in total. The van der Waals surface area contributed by atoms with Crippen LogP contribution in [0, 0.1) is 11.3 Å². The van der Waals surface area contributed by atoms with Gasteiger partial charge in [-0.25, -0.2) is 0 Å². The first kappa shape index (κ1) is 30.3. The zero-order valence-corrected chi connectivity index (χ0v) is 22.1. The second kappa shape index (κ2) is 13.0. The fourth-order valence-corrected chi connectivity index (χ4v) is 3.85. The van der Waals surface area contributed by atoms with Gasteiger partial charge in [0.05, 0.1) is 49.5 Å². The molecule has 37 heavy (non-hydrogen) atoms. The van der Waals surface area contributed by atoms with E-state index in [1.54, 1.807) is 13.3 Å². The molecule has 1 aromatic heterocycles. The van der Waals surface area contributed by atoms with Crippen LogP contribution in [0.3, 0.4) is 0 Å². The number of aromatic nitrogens is 1. The van der Waals surface area contributed by atoms with E-state index in [1.807, 2.05) is 34.9 Å². The van der Waals surface area contributed by atoms with Gasteiger partial charge >= 0.3 is 0 Å². The van der Waals surface area contributed by atoms with E-state index in [1.165, 1.54) is 0 Å². The number of ether oxygens (including phenoxy) is 2. The summed E-state index contributed by atoms with van der Waals surface area (Å²) in [5.74, 6) is -0.379. The number of carbonyl (C=O) groups excluding carboxylic acids is 1. The van der Waals surface area contributed by atoms with E-state index in [0.717, 1.165) is 27.8 Å². The van der Waals surface area contributed by atoms with Gasteiger partial charge in [0.1, 0.15) is 5.75 Å². The number of hydrogen-bond donors (Lipinski definition) is 5. The molecule has 9 heteroatoms. The molecule has 9 nitrogen and oxygen atoms in total. The molecule has 2 aromatic rings. The second-order valence-corrected chi connectivity index (χ2v) is 10.1. The molecule has 3 rings (SSSR count). The smallest absolute Gasteiger partial charge is 0.250 e. The molecule has 4 atom stereocenters. The van der Waals surface area contributed by atoms with Gasteiger partial charge < -0.3 is 40.2 Å². The average molecular weight is 517 g/mol. The lowest BCUT2D eigenvalue weighted by Gasteiger charge is -2.35. The summed E-state index contributed by atoms with van der Waals surface area (Å²) in [6.45, 7) is 14.4. The van der Waals surface area contributed by atoms with Crippen molar-refractivity contribution < 1.29 is 34.7 Å². The van der Waals surface area contributed by atoms with Crippen molar-refractivity contribution in [2.45, 2.75) is 52.2 Å². The number of methoxy groups -OCH3 is 1. The third-order valence-electron chi connectivity index (χ3n) is 6.40. The SMILES string of the molecule is C=C/C(=C\C(=C)C(C)(C)C)Cn1cc(C(N)=O)c2ccc(OC)cc21.OCC1CC(O)C(CO)C(O)O1. The predicted octanol–water partition coefficient (Wildman–Crippen LogP) is 2.52. The molecule has 0 bridgehead atoms. The van der Waals surface area contributed by atoms with Crippen LogP contribution in [0.1, 0.15) is 37.6 Å². The number of fused-ring (bicyclic) bond motifs is 1. The van der Waals surface area contributed by atoms with E-state index in [4.69, 9.17) is 25.4 Å². The molecular formula is C28H40N2O7. The van der Waals surface area contributed by atoms with E-state index in [2.05, 4.69) is 33.9 Å². The maximum atomic E-state index is 11.8. The molecule has 0 radical (unpaired) electrons. The Morgan fingerprint density at radius 3 is 2.43 bits per heavy atom. The molecule has 1 fully saturated rings. The minimum atomic E-state index is -1.18. The van der Waals surface area contributed by atoms with Gasteiger partial charge in [0, 0.05) is 30.6 Å². The lowest BCUT2D eigenvalue weighted by Crippen LogP contribution is -2.46. The summed E-state index contributed by atoms with van der Waals surface area (Å²) in [6, 6.07) is 5.59. The number of allylic oxidation sites excluding steroid dienone is 4. The molecule has 1 amide bonds. The Balaban J connectivity index is 0.000000335. The highest BCUT2D eigenvalue weighted by Crippen LogP contribution is 2.29. The van der Waals surface area contributed by atoms with Crippen molar-refractivity contribution >= 4 is 16.8 Å². The van der Waals surface area contributed by atoms with Crippen LogP contribution < -0.4 is 10.5 Å². The van der Waals surface area contributed by atoms with Gasteiger partial charge in [-0.1, -0.05) is 46.1 Å². The number of rotatable bonds is 8. The minimum Gasteiger partial charge on any atom is -0.497 e. The Morgan fingerprint density at radius 2 is 1.95 bits per heavy atom. The largest absolute Gasteiger partial charge is 0.497 e. The summed E-state index contributed by atoms with van der Waals surface area (Å²) in [5.41, 5.74) is 8.93. The van der Waals surface area contributed by atoms with Gasteiger partial charge in [-0.3, -0.25) is 4.79 Å². The van der Waals surface area contributed by atoms with E-state index in [-0.39, 0.29) is 25.0 Å². The van der Waals surface area contributed by atoms with Crippen LogP contribution in [-0.4, -0.2) is 69.7 Å². The number of nitrogens with two attached hydrogens (primary N) is 1. The zero-order valence-electron chi connectivity index (χ0n) is 22.1. The number of carbonyl (C=O) groups is 1. The Labute approximate surface area is 218 Å². The molecule has 4 unspecified atom stereocenters. The topological polar surface area (TPSA) is 147 Å². The van der Waals surface area contributed by atoms with Crippen molar-refractivity contribution in [1.82, 2.24) is 4.57 Å². The molecule has 204 valence electrons. The molecule has 1 saturated heterocycles. The number of amides is 1. The van der Waals surface area contributed by atoms with Gasteiger partial charge in [-0.15, -0.1) is 0 Å². The lowest BCUT2D eigenvalue weighted by atomic mass is 9.86. The number of primary amides is 1. The van der Waals surface area contributed by atoms with E-state index in [0.29, 0.717) is 12.1 Å². The molecule has 0 aliphatic carbocycles. The summed E-state index contributed by atoms with van der Waals surface area (Å²) in [4.78, 5) is 11.8. The highest BCUT2D eigenvalue weighted by Gasteiger charge is 2.35. The quantitative estimate of drug-likeness (QED) is 0.339. The van der Waals surface area contributed by atoms with E-state index < -0.39 is 30.3 Å². The van der Waals surface area contributed by atoms with Crippen molar-refractivity contribution in [1.29, 1.82) is 0 Å². The standard InChI is InChI=1S/C21H26N2O2.C7H14O5/c1-7-15(10-14(2)21(3,4)5)12-23-13-18(20(22)24)17-9-8-16(25-6)11-19(17)23;8-2-4-1-6(10)5(3-9)7(11)12-4/h7-11,13H,1-2,12H2,3-6H3,(H2,22,24);4-11H,1-3H2/b15-10+;. The first-order valence-electron chi connectivity index (χ1n) is 12.1. The van der Waals surface area contributed by atoms with Crippen LogP contribution in [0.4, 0.5) is 0 Å². The van der Waals surface area contributed by atoms with Crippen LogP contribution in [-0.2, 0) is 11.3 Å². The summed E-state index contributed by atoms with van der Waals surface area (Å²) in [5, 5.41) is 36.7. The molecule has 1 aromatic carbocycles. The van der Waals surface area contributed by atoms with Crippen LogP contribution in [0.15, 0.2) is 60.9 Å². The van der Waals surface area contributed by atoms with Crippen LogP contribution in [0.5, 0.6) is 5.75 Å². The van der Waals surface area contributed by atoms with Crippen molar-refractivity contribution in [3.63, 3.8) is 0 Å². The molecule has 2 heterocycles. The van der Waals surface area contributed by atoms with Gasteiger partial charge in [-0.05, 0) is 28.7 Å². The molecule has 0 saturated carbocycles. The fraction of sp³-hybridized carbons (Fsp3) is 0.464. The van der Waals surface area contributed by atoms with Gasteiger partial charge in [0.25, 0.3) is 5.91 Å². The minimum absolute atomic E-state index is 0.0192. The third-order valence-corrected chi connectivity index (χ3v) is 6.40. The number of hydrogen-bond acceptors (Lipinski definition) is 7. The normalized spacial score (nSPS) is 22.2. The highest BCUT2D eigenvalue weighted by molar-refractivity contribution is 6.06. The Hall–Kier alpha value is -2.95. The maximum Gasteiger partial charge on any atom is 0.250 e. The molecular weight excluding hydrogens is 476 g/mol. The van der Waals surface area contributed by atoms with E-state index >= 15 is 0 Å². The summed E-state index contributed by atoms with van der Waals surface area (Å²) in [6.07, 6.45) is 3.36. The summed E-state index contributed by atoms with van der Waals surface area (Å²) in [7, 11) is 1.62. The Bertz CT molecular complexity index is 1120. The van der Waals surface area contributed by atoms with Gasteiger partial charge in [-0.2, -0.15) is 0 Å². The lowest BCUT2D eigenvalue weighted by molar-refractivity contribution is -0.237. The summed E-state index contributed by atoms with van der Waals surface area (Å²) < 4.78 is 12.2. The average Bonchev–Trinajstić information content (AvgIpc) is 3.20. The first-order chi connectivity index (χ1) is 17.4. The van der Waals surface area contributed by atoms with Gasteiger partial charge in [0.2, 0.25) is 0 Å². The predicted molar refractivity (Wildman–Crippen MR) is 143 cm³/mol. The van der Waals surface area contributed by atoms with Crippen LogP contribution >= 0.6 is 0 Å². The van der Waals surface area contributed by atoms with Crippen molar-refractivity contribution in [3.05, 3.63) is 66.4 Å². The molecule has 1 aliphatic heterocycles. The Morgan fingerprint density at radius 1 is 1.27 bits per heavy atom. The number of nitrogens with zero attached hydrogens (tertiary/aromatic N) is 1. The number of aliphatic hydroxyl groups is 4. The number of benzene rings is 1. The zero-order chi connectivity index (χ0) is 27.9. The molecule has 1 aliphatic rings. The van der Waals surface area contributed by atoms with E-state index in [9.17, 15) is 15.0 Å². The maximum absolute atomic E-state index is 11.8. The second-order valence-electron chi connectivity index (χ2n) is 10.1. The van der Waals surface area contributed by atoms with Crippen LogP contribution in [0.2, 0.25) is 0 Å². The summed E-state index contributed by atoms with van der Waals surface area (Å²) >= 11 is 0. The molecule has 0 spiro atoms. The van der Waals surface area contributed by atoms with Crippen molar-refractivity contribution in [2.75, 3.05) is 20.3 Å². The fourth-order valence-electron chi connectivity index (χ4n) is 3.85. The van der Waals surface area contributed by atoms with Gasteiger partial charge in [0.15, 0.2) is 6.29 Å². The first-order valence-corrected chi connectivity index (χ1v) is 12.1. The Kier molecular flexibility index (Phi) is 10.7. The third kappa shape index (κ3) is 7.77. The van der Waals surface area contributed by atoms with Crippen molar-refractivity contribution in [3.8, 4) is 5.75 Å². The monoisotopic (exact) mass is 516 g/mol. The van der Waals surface area contributed by atoms with Crippen molar-refractivity contribution in [2.24, 2.45) is 17.1 Å². The van der Waals surface area contributed by atoms with Crippen LogP contribution in [0.25, 0.3) is 10.9 Å².